The topological polar surface area (TPSA) is 29.5 Å². The second-order valence-corrected chi connectivity index (χ2v) is 4.53. The highest BCUT2D eigenvalue weighted by Gasteiger charge is 2.35. The summed E-state index contributed by atoms with van der Waals surface area (Å²) in [5.41, 5.74) is 1.26. The van der Waals surface area contributed by atoms with E-state index in [2.05, 4.69) is 12.1 Å². The highest BCUT2D eigenvalue weighted by Crippen LogP contribution is 2.23. The van der Waals surface area contributed by atoms with Gasteiger partial charge in [0.25, 0.3) is 0 Å². The van der Waals surface area contributed by atoms with E-state index in [1.807, 2.05) is 23.1 Å². The van der Waals surface area contributed by atoms with Crippen LogP contribution in [0.4, 0.5) is 0 Å². The van der Waals surface area contributed by atoms with Gasteiger partial charge >= 0.3 is 0 Å². The molecule has 0 saturated carbocycles. The number of benzene rings is 1. The number of likely N-dealkylation sites (tertiary alicyclic amines) is 1. The Morgan fingerprint density at radius 3 is 2.71 bits per heavy atom. The maximum absolute atomic E-state index is 11.6. The molecule has 1 heterocycles. The van der Waals surface area contributed by atoms with Crippen molar-refractivity contribution in [2.45, 2.75) is 31.9 Å². The summed E-state index contributed by atoms with van der Waals surface area (Å²) in [6.07, 6.45) is 1.98. The Kier molecular flexibility index (Phi) is 3.79. The van der Waals surface area contributed by atoms with Crippen molar-refractivity contribution in [3.63, 3.8) is 0 Å². The molecule has 0 spiro atoms. The van der Waals surface area contributed by atoms with Crippen LogP contribution in [-0.2, 0) is 16.0 Å². The number of hydrogen-bond donors (Lipinski definition) is 0. The number of carbonyl (C=O) groups excluding carboxylic acids is 1. The zero-order valence-corrected chi connectivity index (χ0v) is 10.4. The lowest BCUT2D eigenvalue weighted by Crippen LogP contribution is -2.40. The lowest BCUT2D eigenvalue weighted by atomic mass is 10.0. The summed E-state index contributed by atoms with van der Waals surface area (Å²) >= 11 is 0. The third-order valence-electron chi connectivity index (χ3n) is 3.48. The van der Waals surface area contributed by atoms with Crippen LogP contribution >= 0.6 is 0 Å². The van der Waals surface area contributed by atoms with Gasteiger partial charge in [0.2, 0.25) is 5.91 Å². The highest BCUT2D eigenvalue weighted by molar-refractivity contribution is 5.74. The predicted octanol–water partition coefficient (Wildman–Crippen LogP) is 1.86. The van der Waals surface area contributed by atoms with Gasteiger partial charge in [-0.05, 0) is 18.4 Å². The number of methoxy groups -OCH3 is 1. The fraction of sp³-hybridized carbons (Fsp3) is 0.500. The van der Waals surface area contributed by atoms with Gasteiger partial charge in [0.1, 0.15) is 0 Å². The van der Waals surface area contributed by atoms with E-state index in [0.717, 1.165) is 19.4 Å². The van der Waals surface area contributed by atoms with Crippen LogP contribution in [0.1, 0.15) is 18.9 Å². The molecular weight excluding hydrogens is 214 g/mol. The van der Waals surface area contributed by atoms with Gasteiger partial charge in [-0.2, -0.15) is 0 Å². The normalized spacial score (nSPS) is 24.0. The predicted molar refractivity (Wildman–Crippen MR) is 66.7 cm³/mol. The van der Waals surface area contributed by atoms with Crippen LogP contribution in [0.5, 0.6) is 0 Å². The molecular formula is C14H19NO2. The monoisotopic (exact) mass is 233 g/mol. The first-order valence-corrected chi connectivity index (χ1v) is 6.06. The van der Waals surface area contributed by atoms with Crippen LogP contribution in [-0.4, -0.2) is 36.6 Å². The van der Waals surface area contributed by atoms with Gasteiger partial charge in [-0.1, -0.05) is 30.3 Å². The van der Waals surface area contributed by atoms with Crippen molar-refractivity contribution in [2.24, 2.45) is 0 Å². The van der Waals surface area contributed by atoms with E-state index in [-0.39, 0.29) is 18.1 Å². The molecule has 0 aromatic heterocycles. The van der Waals surface area contributed by atoms with Crippen LogP contribution < -0.4 is 0 Å². The number of nitrogens with zero attached hydrogens (tertiary/aromatic N) is 1. The molecule has 1 aromatic rings. The molecule has 3 nitrogen and oxygen atoms in total. The van der Waals surface area contributed by atoms with Crippen molar-refractivity contribution in [3.8, 4) is 0 Å². The molecule has 0 bridgehead atoms. The van der Waals surface area contributed by atoms with Gasteiger partial charge in [-0.25, -0.2) is 0 Å². The van der Waals surface area contributed by atoms with Crippen molar-refractivity contribution in [1.82, 2.24) is 4.90 Å². The van der Waals surface area contributed by atoms with E-state index < -0.39 is 0 Å². The summed E-state index contributed by atoms with van der Waals surface area (Å²) < 4.78 is 5.48. The molecule has 1 aliphatic heterocycles. The molecule has 0 radical (unpaired) electrons. The maximum atomic E-state index is 11.6. The molecule has 1 fully saturated rings. The fourth-order valence-electron chi connectivity index (χ4n) is 2.59. The largest absolute Gasteiger partial charge is 0.379 e. The summed E-state index contributed by atoms with van der Waals surface area (Å²) in [5, 5.41) is 0. The minimum atomic E-state index is 0.144. The first kappa shape index (κ1) is 12.1. The van der Waals surface area contributed by atoms with E-state index in [1.165, 1.54) is 5.56 Å². The van der Waals surface area contributed by atoms with Gasteiger partial charge < -0.3 is 9.64 Å². The van der Waals surface area contributed by atoms with Gasteiger partial charge in [-0.15, -0.1) is 0 Å². The summed E-state index contributed by atoms with van der Waals surface area (Å²) in [5.74, 6) is 0.144. The Bertz CT molecular complexity index is 377. The van der Waals surface area contributed by atoms with Crippen LogP contribution in [0.3, 0.4) is 0 Å². The molecule has 92 valence electrons. The van der Waals surface area contributed by atoms with Gasteiger partial charge in [-0.3, -0.25) is 4.79 Å². The Balaban J connectivity index is 2.12. The van der Waals surface area contributed by atoms with Crippen LogP contribution in [0.2, 0.25) is 0 Å². The average molecular weight is 233 g/mol. The van der Waals surface area contributed by atoms with E-state index in [0.29, 0.717) is 0 Å². The number of ether oxygens (including phenoxy) is 1. The van der Waals surface area contributed by atoms with Crippen molar-refractivity contribution in [2.75, 3.05) is 13.7 Å². The molecule has 2 rings (SSSR count). The number of rotatable bonds is 3. The molecule has 0 unspecified atom stereocenters. The molecule has 17 heavy (non-hydrogen) atoms. The average Bonchev–Trinajstić information content (AvgIpc) is 2.73. The first-order chi connectivity index (χ1) is 8.22. The lowest BCUT2D eigenvalue weighted by molar-refractivity contribution is -0.130. The van der Waals surface area contributed by atoms with Gasteiger partial charge in [0.05, 0.1) is 12.1 Å². The zero-order chi connectivity index (χ0) is 12.3. The summed E-state index contributed by atoms with van der Waals surface area (Å²) in [4.78, 5) is 13.5. The third-order valence-corrected chi connectivity index (χ3v) is 3.48. The van der Waals surface area contributed by atoms with Crippen LogP contribution in [0.25, 0.3) is 0 Å². The van der Waals surface area contributed by atoms with Crippen molar-refractivity contribution >= 4 is 5.91 Å². The Morgan fingerprint density at radius 1 is 1.41 bits per heavy atom. The lowest BCUT2D eigenvalue weighted by Gasteiger charge is -2.26. The summed E-state index contributed by atoms with van der Waals surface area (Å²) in [6, 6.07) is 10.5. The van der Waals surface area contributed by atoms with Crippen molar-refractivity contribution < 1.29 is 9.53 Å². The quantitative estimate of drug-likeness (QED) is 0.797. The second-order valence-electron chi connectivity index (χ2n) is 4.53. The van der Waals surface area contributed by atoms with Gasteiger partial charge in [0, 0.05) is 20.6 Å². The second kappa shape index (κ2) is 5.32. The zero-order valence-electron chi connectivity index (χ0n) is 10.4. The molecule has 1 aromatic carbocycles. The molecule has 1 saturated heterocycles. The molecule has 1 aliphatic rings. The minimum absolute atomic E-state index is 0.144. The Hall–Kier alpha value is -1.35. The number of carbonyl (C=O) groups is 1. The smallest absolute Gasteiger partial charge is 0.219 e. The number of hydrogen-bond acceptors (Lipinski definition) is 2. The van der Waals surface area contributed by atoms with Gasteiger partial charge in [0.15, 0.2) is 0 Å². The summed E-state index contributed by atoms with van der Waals surface area (Å²) in [6.45, 7) is 2.45. The van der Waals surface area contributed by atoms with Crippen LogP contribution in [0, 0.1) is 0 Å². The maximum Gasteiger partial charge on any atom is 0.219 e. The third kappa shape index (κ3) is 2.67. The minimum Gasteiger partial charge on any atom is -0.379 e. The van der Waals surface area contributed by atoms with E-state index in [4.69, 9.17) is 4.74 Å². The Labute approximate surface area is 102 Å². The standard InChI is InChI=1S/C14H19NO2/c1-11(16)15-9-8-14(17-2)13(15)10-12-6-4-3-5-7-12/h3-7,13-14H,8-10H2,1-2H3/t13-,14+/m0/s1. The van der Waals surface area contributed by atoms with Crippen molar-refractivity contribution in [1.29, 1.82) is 0 Å². The molecule has 3 heteroatoms. The molecule has 0 N–H and O–H groups in total. The Morgan fingerprint density at radius 2 is 2.12 bits per heavy atom. The van der Waals surface area contributed by atoms with Crippen molar-refractivity contribution in [3.05, 3.63) is 35.9 Å². The molecule has 1 amide bonds. The molecule has 0 aliphatic carbocycles. The van der Waals surface area contributed by atoms with E-state index in [9.17, 15) is 4.79 Å². The van der Waals surface area contributed by atoms with E-state index in [1.54, 1.807) is 14.0 Å². The first-order valence-electron chi connectivity index (χ1n) is 6.06. The number of amides is 1. The molecule has 2 atom stereocenters. The fourth-order valence-corrected chi connectivity index (χ4v) is 2.59. The van der Waals surface area contributed by atoms with E-state index >= 15 is 0 Å². The SMILES string of the molecule is CO[C@@H]1CCN(C(C)=O)[C@H]1Cc1ccccc1. The summed E-state index contributed by atoms with van der Waals surface area (Å²) in [7, 11) is 1.73. The highest BCUT2D eigenvalue weighted by atomic mass is 16.5. The van der Waals surface area contributed by atoms with Crippen LogP contribution in [0.15, 0.2) is 30.3 Å².